The van der Waals surface area contributed by atoms with E-state index in [2.05, 4.69) is 0 Å². The molecule has 0 radical (unpaired) electrons. The minimum Gasteiger partial charge on any atom is -0.396 e. The molecule has 2 aromatic rings. The van der Waals surface area contributed by atoms with Crippen LogP contribution in [0.1, 0.15) is 23.2 Å². The van der Waals surface area contributed by atoms with Gasteiger partial charge in [0.05, 0.1) is 5.69 Å². The number of nitrogens with zero attached hydrogens (tertiary/aromatic N) is 1. The largest absolute Gasteiger partial charge is 0.396 e. The number of hydrogen-bond acceptors (Lipinski definition) is 2. The molecule has 0 saturated heterocycles. The Balaban J connectivity index is 2.03. The van der Waals surface area contributed by atoms with E-state index >= 15 is 0 Å². The molecule has 3 rings (SSSR count). The van der Waals surface area contributed by atoms with Crippen LogP contribution in [0, 0.1) is 0 Å². The number of amides is 1. The molecule has 0 fully saturated rings. The molecule has 0 unspecified atom stereocenters. The fraction of sp³-hybridized carbons (Fsp3) is 0.267. The summed E-state index contributed by atoms with van der Waals surface area (Å²) in [7, 11) is 0. The average Bonchev–Trinajstić information content (AvgIpc) is 2.67. The molecule has 1 N–H and O–H groups in total. The van der Waals surface area contributed by atoms with E-state index in [4.69, 9.17) is 5.11 Å². The molecule has 0 aliphatic carbocycles. The van der Waals surface area contributed by atoms with Crippen LogP contribution < -0.4 is 4.90 Å². The summed E-state index contributed by atoms with van der Waals surface area (Å²) in [5.41, 5.74) is 1.80. The van der Waals surface area contributed by atoms with E-state index in [0.717, 1.165) is 34.9 Å². The van der Waals surface area contributed by atoms with Gasteiger partial charge in [-0.2, -0.15) is 0 Å². The van der Waals surface area contributed by atoms with Crippen LogP contribution in [0.3, 0.4) is 0 Å². The van der Waals surface area contributed by atoms with Gasteiger partial charge in [-0.3, -0.25) is 4.79 Å². The van der Waals surface area contributed by atoms with E-state index in [1.165, 1.54) is 0 Å². The molecule has 1 heterocycles. The van der Waals surface area contributed by atoms with Crippen LogP contribution in [-0.2, 0) is 0 Å². The Morgan fingerprint density at radius 3 is 2.61 bits per heavy atom. The molecule has 0 saturated carbocycles. The van der Waals surface area contributed by atoms with E-state index in [1.54, 1.807) is 0 Å². The third-order valence-corrected chi connectivity index (χ3v) is 3.44. The molecule has 2 aromatic carbocycles. The first kappa shape index (κ1) is 11.2. The molecule has 0 spiro atoms. The van der Waals surface area contributed by atoms with Gasteiger partial charge in [0.15, 0.2) is 0 Å². The number of aliphatic hydroxyl groups excluding tert-OH is 1. The van der Waals surface area contributed by atoms with Gasteiger partial charge in [0.2, 0.25) is 0 Å². The first-order valence-electron chi connectivity index (χ1n) is 6.27. The van der Waals surface area contributed by atoms with Crippen molar-refractivity contribution in [2.24, 2.45) is 0 Å². The van der Waals surface area contributed by atoms with Crippen LogP contribution in [0.5, 0.6) is 0 Å². The van der Waals surface area contributed by atoms with Crippen LogP contribution in [0.15, 0.2) is 36.4 Å². The maximum absolute atomic E-state index is 12.3. The summed E-state index contributed by atoms with van der Waals surface area (Å²) in [6.45, 7) is 0.854. The quantitative estimate of drug-likeness (QED) is 0.836. The number of hydrogen-bond donors (Lipinski definition) is 1. The number of carbonyl (C=O) groups excluding carboxylic acids is 1. The summed E-state index contributed by atoms with van der Waals surface area (Å²) in [5, 5.41) is 11.0. The second-order valence-corrected chi connectivity index (χ2v) is 4.57. The summed E-state index contributed by atoms with van der Waals surface area (Å²) < 4.78 is 0. The zero-order valence-corrected chi connectivity index (χ0v) is 10.1. The van der Waals surface area contributed by atoms with Gasteiger partial charge in [-0.15, -0.1) is 0 Å². The summed E-state index contributed by atoms with van der Waals surface area (Å²) in [6.07, 6.45) is 1.56. The van der Waals surface area contributed by atoms with Crippen molar-refractivity contribution in [3.8, 4) is 0 Å². The maximum atomic E-state index is 12.3. The fourth-order valence-electron chi connectivity index (χ4n) is 2.58. The van der Waals surface area contributed by atoms with Crippen molar-refractivity contribution in [2.45, 2.75) is 12.8 Å². The Morgan fingerprint density at radius 1 is 1.06 bits per heavy atom. The highest BCUT2D eigenvalue weighted by Crippen LogP contribution is 2.37. The highest BCUT2D eigenvalue weighted by atomic mass is 16.3. The molecule has 0 atom stereocenters. The fourth-order valence-corrected chi connectivity index (χ4v) is 2.58. The van der Waals surface area contributed by atoms with Gasteiger partial charge in [0.25, 0.3) is 5.91 Å². The summed E-state index contributed by atoms with van der Waals surface area (Å²) in [4.78, 5) is 14.2. The minimum absolute atomic E-state index is 0.0831. The zero-order valence-electron chi connectivity index (χ0n) is 10.1. The number of carbonyl (C=O) groups is 1. The highest BCUT2D eigenvalue weighted by molar-refractivity contribution is 6.24. The van der Waals surface area contributed by atoms with Gasteiger partial charge in [-0.1, -0.05) is 24.3 Å². The van der Waals surface area contributed by atoms with Crippen molar-refractivity contribution < 1.29 is 9.90 Å². The summed E-state index contributed by atoms with van der Waals surface area (Å²) in [5.74, 6) is 0.0831. The predicted octanol–water partition coefficient (Wildman–Crippen LogP) is 2.57. The molecule has 3 heteroatoms. The maximum Gasteiger partial charge on any atom is 0.258 e. The van der Waals surface area contributed by atoms with Crippen molar-refractivity contribution in [3.63, 3.8) is 0 Å². The lowest BCUT2D eigenvalue weighted by molar-refractivity contribution is 0.0992. The molecule has 18 heavy (non-hydrogen) atoms. The number of aliphatic hydroxyl groups is 1. The summed E-state index contributed by atoms with van der Waals surface area (Å²) >= 11 is 0. The Hall–Kier alpha value is -1.87. The molecule has 0 bridgehead atoms. The second-order valence-electron chi connectivity index (χ2n) is 4.57. The van der Waals surface area contributed by atoms with Gasteiger partial charge >= 0.3 is 0 Å². The normalized spacial score (nSPS) is 13.6. The Morgan fingerprint density at radius 2 is 1.83 bits per heavy atom. The van der Waals surface area contributed by atoms with E-state index in [0.29, 0.717) is 6.54 Å². The number of rotatable bonds is 4. The molecule has 1 aliphatic heterocycles. The van der Waals surface area contributed by atoms with Gasteiger partial charge in [-0.25, -0.2) is 0 Å². The van der Waals surface area contributed by atoms with Crippen LogP contribution in [0.2, 0.25) is 0 Å². The third kappa shape index (κ3) is 1.59. The molecule has 1 amide bonds. The van der Waals surface area contributed by atoms with Crippen molar-refractivity contribution in [2.75, 3.05) is 18.1 Å². The second kappa shape index (κ2) is 4.42. The van der Waals surface area contributed by atoms with E-state index in [9.17, 15) is 4.79 Å². The lowest BCUT2D eigenvalue weighted by Gasteiger charge is -2.17. The van der Waals surface area contributed by atoms with Gasteiger partial charge in [0, 0.05) is 24.1 Å². The first-order valence-corrected chi connectivity index (χ1v) is 6.27. The van der Waals surface area contributed by atoms with Crippen LogP contribution in [0.25, 0.3) is 10.8 Å². The molecular formula is C15H15NO2. The van der Waals surface area contributed by atoms with Crippen LogP contribution in [0.4, 0.5) is 5.69 Å². The van der Waals surface area contributed by atoms with Crippen molar-refractivity contribution in [1.29, 1.82) is 0 Å². The van der Waals surface area contributed by atoms with E-state index in [-0.39, 0.29) is 12.5 Å². The van der Waals surface area contributed by atoms with E-state index in [1.807, 2.05) is 41.3 Å². The number of anilines is 1. The molecule has 3 nitrogen and oxygen atoms in total. The average molecular weight is 241 g/mol. The van der Waals surface area contributed by atoms with Crippen molar-refractivity contribution >= 4 is 22.4 Å². The Labute approximate surface area is 106 Å². The highest BCUT2D eigenvalue weighted by Gasteiger charge is 2.28. The van der Waals surface area contributed by atoms with Gasteiger partial charge in [0.1, 0.15) is 0 Å². The smallest absolute Gasteiger partial charge is 0.258 e. The molecule has 0 aromatic heterocycles. The van der Waals surface area contributed by atoms with Crippen LogP contribution in [-0.4, -0.2) is 24.2 Å². The zero-order chi connectivity index (χ0) is 12.5. The SMILES string of the molecule is O=C1c2cccc3cccc(c23)N1CCCCO. The topological polar surface area (TPSA) is 40.5 Å². The van der Waals surface area contributed by atoms with Crippen molar-refractivity contribution in [1.82, 2.24) is 0 Å². The number of unbranched alkanes of at least 4 members (excludes halogenated alkanes) is 1. The monoisotopic (exact) mass is 241 g/mol. The standard InChI is InChI=1S/C15H15NO2/c17-10-2-1-9-16-13-8-4-6-11-5-3-7-12(14(11)13)15(16)18/h3-8,17H,1-2,9-10H2. The molecular weight excluding hydrogens is 226 g/mol. The minimum atomic E-state index is 0.0831. The Bertz CT molecular complexity index is 601. The van der Waals surface area contributed by atoms with Gasteiger partial charge < -0.3 is 10.0 Å². The lowest BCUT2D eigenvalue weighted by Crippen LogP contribution is -2.27. The Kier molecular flexibility index (Phi) is 2.76. The van der Waals surface area contributed by atoms with E-state index < -0.39 is 0 Å². The predicted molar refractivity (Wildman–Crippen MR) is 71.9 cm³/mol. The van der Waals surface area contributed by atoms with Crippen molar-refractivity contribution in [3.05, 3.63) is 42.0 Å². The number of benzene rings is 2. The molecule has 1 aliphatic rings. The summed E-state index contributed by atoms with van der Waals surface area (Å²) in [6, 6.07) is 11.9. The van der Waals surface area contributed by atoms with Crippen LogP contribution >= 0.6 is 0 Å². The third-order valence-electron chi connectivity index (χ3n) is 3.44. The molecule has 92 valence electrons. The first-order chi connectivity index (χ1) is 8.83. The lowest BCUT2D eigenvalue weighted by atomic mass is 10.1. The van der Waals surface area contributed by atoms with Gasteiger partial charge in [-0.05, 0) is 30.4 Å².